The van der Waals surface area contributed by atoms with E-state index in [0.29, 0.717) is 34.3 Å². The Balaban J connectivity index is 1.27. The van der Waals surface area contributed by atoms with Crippen LogP contribution >= 0.6 is 0 Å². The largest absolute Gasteiger partial charge is 0.322 e. The molecule has 1 N–H and O–H groups in total. The van der Waals surface area contributed by atoms with E-state index in [-0.39, 0.29) is 47.2 Å². The minimum Gasteiger partial charge on any atom is -0.322 e. The molecule has 1 heterocycles. The fourth-order valence-electron chi connectivity index (χ4n) is 6.02. The Kier molecular flexibility index (Phi) is 4.03. The van der Waals surface area contributed by atoms with Crippen molar-refractivity contribution >= 4 is 34.9 Å². The molecule has 3 amide bonds. The standard InChI is InChI=1S/C26H22N2O4/c1-13(29)14-4-2-6-16(10-14)27-24(30)15-5-3-7-17(11-15)28-25(31)22-18-8-9-19(21-12-20(18)21)23(22)26(28)32/h2-11,18-23H,12H2,1H3,(H,27,30)/t18-,19+,20-,21-,22+,23+/m1/s1. The van der Waals surface area contributed by atoms with Crippen molar-refractivity contribution in [1.82, 2.24) is 0 Å². The van der Waals surface area contributed by atoms with Gasteiger partial charge in [0.05, 0.1) is 17.5 Å². The molecular formula is C26H22N2O4. The van der Waals surface area contributed by atoms with Gasteiger partial charge in [0.1, 0.15) is 0 Å². The van der Waals surface area contributed by atoms with Crippen molar-refractivity contribution in [3.63, 3.8) is 0 Å². The second kappa shape index (κ2) is 6.73. The number of allylic oxidation sites excluding steroid dienone is 2. The highest BCUT2D eigenvalue weighted by Gasteiger charge is 2.67. The zero-order valence-electron chi connectivity index (χ0n) is 17.5. The molecule has 0 unspecified atom stereocenters. The van der Waals surface area contributed by atoms with E-state index >= 15 is 0 Å². The number of imide groups is 1. The fourth-order valence-corrected chi connectivity index (χ4v) is 6.02. The minimum absolute atomic E-state index is 0.0864. The van der Waals surface area contributed by atoms with Gasteiger partial charge in [-0.05, 0) is 67.3 Å². The first kappa shape index (κ1) is 19.2. The molecule has 6 nitrogen and oxygen atoms in total. The third-order valence-electron chi connectivity index (χ3n) is 7.56. The van der Waals surface area contributed by atoms with Gasteiger partial charge in [-0.3, -0.25) is 19.2 Å². The van der Waals surface area contributed by atoms with Gasteiger partial charge in [0.2, 0.25) is 11.8 Å². The predicted octanol–water partition coefficient (Wildman–Crippen LogP) is 3.70. The van der Waals surface area contributed by atoms with Crippen LogP contribution in [0.5, 0.6) is 0 Å². The summed E-state index contributed by atoms with van der Waals surface area (Å²) >= 11 is 0. The van der Waals surface area contributed by atoms with Crippen LogP contribution in [0.3, 0.4) is 0 Å². The van der Waals surface area contributed by atoms with Crippen LogP contribution in [0.25, 0.3) is 0 Å². The van der Waals surface area contributed by atoms with Gasteiger partial charge in [-0.2, -0.15) is 0 Å². The first-order valence-corrected chi connectivity index (χ1v) is 11.0. The molecule has 0 radical (unpaired) electrons. The second-order valence-electron chi connectivity index (χ2n) is 9.31. The van der Waals surface area contributed by atoms with Crippen LogP contribution in [0.1, 0.15) is 34.1 Å². The number of ketones is 1. The number of nitrogens with one attached hydrogen (secondary N) is 1. The van der Waals surface area contributed by atoms with Crippen LogP contribution in [0, 0.1) is 35.5 Å². The Morgan fingerprint density at radius 3 is 2.16 bits per heavy atom. The first-order valence-electron chi connectivity index (χ1n) is 11.0. The summed E-state index contributed by atoms with van der Waals surface area (Å²) in [6.07, 6.45) is 5.41. The SMILES string of the molecule is CC(=O)c1cccc(NC(=O)c2cccc(N3C(=O)[C@H]4[C@@H]5C=C[C@@H]([C@H]6C[C@H]56)[C@@H]4C3=O)c2)c1. The third kappa shape index (κ3) is 2.72. The smallest absolute Gasteiger partial charge is 0.255 e. The highest BCUT2D eigenvalue weighted by atomic mass is 16.2. The zero-order valence-corrected chi connectivity index (χ0v) is 17.5. The summed E-state index contributed by atoms with van der Waals surface area (Å²) in [6.45, 7) is 1.47. The average Bonchev–Trinajstić information content (AvgIpc) is 3.57. The minimum atomic E-state index is -0.368. The summed E-state index contributed by atoms with van der Waals surface area (Å²) in [7, 11) is 0. The lowest BCUT2D eigenvalue weighted by molar-refractivity contribution is -0.124. The fraction of sp³-hybridized carbons (Fsp3) is 0.308. The molecule has 1 aliphatic heterocycles. The third-order valence-corrected chi connectivity index (χ3v) is 7.56. The van der Waals surface area contributed by atoms with E-state index in [1.54, 1.807) is 48.5 Å². The highest BCUT2D eigenvalue weighted by Crippen LogP contribution is 2.65. The number of rotatable bonds is 4. The molecule has 32 heavy (non-hydrogen) atoms. The van der Waals surface area contributed by atoms with Crippen LogP contribution < -0.4 is 10.2 Å². The lowest BCUT2D eigenvalue weighted by Crippen LogP contribution is -2.40. The van der Waals surface area contributed by atoms with Crippen LogP contribution in [0.4, 0.5) is 11.4 Å². The van der Waals surface area contributed by atoms with E-state index in [2.05, 4.69) is 17.5 Å². The van der Waals surface area contributed by atoms with Gasteiger partial charge in [-0.25, -0.2) is 4.90 Å². The number of carbonyl (C=O) groups excluding carboxylic acids is 4. The summed E-state index contributed by atoms with van der Waals surface area (Å²) in [4.78, 5) is 52.4. The van der Waals surface area contributed by atoms with Gasteiger partial charge in [-0.15, -0.1) is 0 Å². The maximum Gasteiger partial charge on any atom is 0.255 e. The molecule has 3 fully saturated rings. The average molecular weight is 426 g/mol. The Morgan fingerprint density at radius 1 is 0.875 bits per heavy atom. The molecule has 2 aromatic carbocycles. The van der Waals surface area contributed by atoms with E-state index in [0.717, 1.165) is 6.42 Å². The molecular weight excluding hydrogens is 404 g/mol. The number of nitrogens with zero attached hydrogens (tertiary/aromatic N) is 1. The molecule has 7 rings (SSSR count). The monoisotopic (exact) mass is 426 g/mol. The Bertz CT molecular complexity index is 1200. The topological polar surface area (TPSA) is 83.6 Å². The van der Waals surface area contributed by atoms with Gasteiger partial charge in [0, 0.05) is 16.8 Å². The Labute approximate surface area is 185 Å². The molecule has 0 aromatic heterocycles. The second-order valence-corrected chi connectivity index (χ2v) is 9.31. The zero-order chi connectivity index (χ0) is 22.1. The molecule has 1 saturated heterocycles. The van der Waals surface area contributed by atoms with Gasteiger partial charge in [0.15, 0.2) is 5.78 Å². The number of hydrogen-bond donors (Lipinski definition) is 1. The van der Waals surface area contributed by atoms with Crippen molar-refractivity contribution in [3.8, 4) is 0 Å². The van der Waals surface area contributed by atoms with Crippen LogP contribution in [0.2, 0.25) is 0 Å². The number of carbonyl (C=O) groups is 4. The molecule has 0 spiro atoms. The van der Waals surface area contributed by atoms with Gasteiger partial charge >= 0.3 is 0 Å². The summed E-state index contributed by atoms with van der Waals surface area (Å²) in [6, 6.07) is 13.4. The summed E-state index contributed by atoms with van der Waals surface area (Å²) < 4.78 is 0. The quantitative estimate of drug-likeness (QED) is 0.459. The maximum absolute atomic E-state index is 13.3. The van der Waals surface area contributed by atoms with Crippen molar-refractivity contribution in [1.29, 1.82) is 0 Å². The lowest BCUT2D eigenvalue weighted by atomic mass is 9.63. The first-order chi connectivity index (χ1) is 15.4. The normalized spacial score (nSPS) is 31.3. The number of Topliss-reactive ketones (excluding diaryl/α,β-unsaturated/α-hetero) is 1. The highest BCUT2D eigenvalue weighted by molar-refractivity contribution is 6.23. The molecule has 4 aliphatic carbocycles. The lowest BCUT2D eigenvalue weighted by Gasteiger charge is -2.37. The molecule has 5 aliphatic rings. The number of hydrogen-bond acceptors (Lipinski definition) is 4. The molecule has 6 heteroatoms. The molecule has 160 valence electrons. The summed E-state index contributed by atoms with van der Waals surface area (Å²) in [5, 5.41) is 2.79. The van der Waals surface area contributed by atoms with Gasteiger partial charge < -0.3 is 5.32 Å². The Hall–Kier alpha value is -3.54. The molecule has 2 saturated carbocycles. The summed E-state index contributed by atoms with van der Waals surface area (Å²) in [5.74, 6) is 0.141. The number of anilines is 2. The van der Waals surface area contributed by atoms with E-state index in [9.17, 15) is 19.2 Å². The van der Waals surface area contributed by atoms with Crippen LogP contribution in [0.15, 0.2) is 60.7 Å². The van der Waals surface area contributed by atoms with E-state index < -0.39 is 0 Å². The van der Waals surface area contributed by atoms with Crippen molar-refractivity contribution in [2.24, 2.45) is 35.5 Å². The van der Waals surface area contributed by atoms with Crippen molar-refractivity contribution < 1.29 is 19.2 Å². The van der Waals surface area contributed by atoms with Gasteiger partial charge in [-0.1, -0.05) is 30.4 Å². The molecule has 6 atom stereocenters. The summed E-state index contributed by atoms with van der Waals surface area (Å²) in [5.41, 5.74) is 1.80. The maximum atomic E-state index is 13.3. The van der Waals surface area contributed by atoms with Crippen LogP contribution in [-0.2, 0) is 9.59 Å². The van der Waals surface area contributed by atoms with E-state index in [1.165, 1.54) is 11.8 Å². The van der Waals surface area contributed by atoms with Crippen molar-refractivity contribution in [2.75, 3.05) is 10.2 Å². The predicted molar refractivity (Wildman–Crippen MR) is 118 cm³/mol. The molecule has 2 aromatic rings. The van der Waals surface area contributed by atoms with E-state index in [1.807, 2.05) is 0 Å². The number of amides is 3. The van der Waals surface area contributed by atoms with Crippen molar-refractivity contribution in [3.05, 3.63) is 71.8 Å². The van der Waals surface area contributed by atoms with Crippen molar-refractivity contribution in [2.45, 2.75) is 13.3 Å². The van der Waals surface area contributed by atoms with Crippen LogP contribution in [-0.4, -0.2) is 23.5 Å². The molecule has 2 bridgehead atoms. The van der Waals surface area contributed by atoms with E-state index in [4.69, 9.17) is 0 Å². The Morgan fingerprint density at radius 2 is 1.50 bits per heavy atom. The number of benzene rings is 2. The van der Waals surface area contributed by atoms with Gasteiger partial charge in [0.25, 0.3) is 5.91 Å².